The van der Waals surface area contributed by atoms with Gasteiger partial charge in [0.15, 0.2) is 0 Å². The number of anilines is 1. The molecular formula is C31H24ClN. The molecule has 2 heteroatoms. The Morgan fingerprint density at radius 2 is 1.30 bits per heavy atom. The normalized spacial score (nSPS) is 11.2. The van der Waals surface area contributed by atoms with Crippen molar-refractivity contribution in [2.45, 2.75) is 5.88 Å². The summed E-state index contributed by atoms with van der Waals surface area (Å²) in [4.78, 5) is 0. The fourth-order valence-electron chi connectivity index (χ4n) is 4.19. The Balaban J connectivity index is 1.67. The molecule has 0 aliphatic heterocycles. The van der Waals surface area contributed by atoms with Crippen molar-refractivity contribution in [2.75, 3.05) is 5.32 Å². The lowest BCUT2D eigenvalue weighted by molar-refractivity contribution is 1.40. The molecule has 0 aliphatic carbocycles. The quantitative estimate of drug-likeness (QED) is 0.257. The second-order valence-corrected chi connectivity index (χ2v) is 8.25. The average Bonchev–Trinajstić information content (AvgIpc) is 2.89. The van der Waals surface area contributed by atoms with E-state index in [-0.39, 0.29) is 0 Å². The van der Waals surface area contributed by atoms with Crippen LogP contribution in [0.3, 0.4) is 0 Å². The maximum absolute atomic E-state index is 5.93. The summed E-state index contributed by atoms with van der Waals surface area (Å²) in [5.74, 6) is 0.529. The first kappa shape index (κ1) is 21.1. The lowest BCUT2D eigenvalue weighted by Gasteiger charge is -2.19. The zero-order valence-corrected chi connectivity index (χ0v) is 19.0. The SMILES string of the molecule is ClCc1ccc(C=CNc2c(-c3ccccc3)c(-c3ccccc3)cc3ccccc23)cc1. The van der Waals surface area contributed by atoms with Crippen molar-refractivity contribution in [3.8, 4) is 22.3 Å². The van der Waals surface area contributed by atoms with Crippen molar-refractivity contribution in [3.05, 3.63) is 133 Å². The van der Waals surface area contributed by atoms with Crippen LogP contribution in [0.4, 0.5) is 5.69 Å². The van der Waals surface area contributed by atoms with Gasteiger partial charge in [-0.3, -0.25) is 0 Å². The van der Waals surface area contributed by atoms with Crippen LogP contribution in [-0.4, -0.2) is 0 Å². The van der Waals surface area contributed by atoms with Gasteiger partial charge < -0.3 is 5.32 Å². The molecule has 0 fully saturated rings. The number of hydrogen-bond acceptors (Lipinski definition) is 1. The third-order valence-electron chi connectivity index (χ3n) is 5.83. The van der Waals surface area contributed by atoms with Crippen LogP contribution in [0.5, 0.6) is 0 Å². The molecule has 160 valence electrons. The lowest BCUT2D eigenvalue weighted by atomic mass is 9.89. The minimum Gasteiger partial charge on any atom is -0.361 e. The highest BCUT2D eigenvalue weighted by Gasteiger charge is 2.16. The van der Waals surface area contributed by atoms with Crippen molar-refractivity contribution in [1.29, 1.82) is 0 Å². The van der Waals surface area contributed by atoms with Gasteiger partial charge in [0.1, 0.15) is 0 Å². The van der Waals surface area contributed by atoms with Crippen LogP contribution >= 0.6 is 11.6 Å². The Morgan fingerprint density at radius 3 is 2.00 bits per heavy atom. The molecule has 0 saturated carbocycles. The molecule has 0 spiro atoms. The number of alkyl halides is 1. The maximum Gasteiger partial charge on any atom is 0.0545 e. The van der Waals surface area contributed by atoms with Crippen LogP contribution in [-0.2, 0) is 5.88 Å². The fourth-order valence-corrected chi connectivity index (χ4v) is 4.36. The Hall–Kier alpha value is -3.81. The lowest BCUT2D eigenvalue weighted by Crippen LogP contribution is -1.96. The number of fused-ring (bicyclic) bond motifs is 1. The first-order valence-electron chi connectivity index (χ1n) is 11.1. The zero-order chi connectivity index (χ0) is 22.5. The van der Waals surface area contributed by atoms with Gasteiger partial charge in [-0.2, -0.15) is 0 Å². The highest BCUT2D eigenvalue weighted by atomic mass is 35.5. The highest BCUT2D eigenvalue weighted by Crippen LogP contribution is 2.42. The molecule has 0 unspecified atom stereocenters. The first-order valence-corrected chi connectivity index (χ1v) is 11.6. The Bertz CT molecular complexity index is 1390. The van der Waals surface area contributed by atoms with E-state index in [0.717, 1.165) is 16.8 Å². The summed E-state index contributed by atoms with van der Waals surface area (Å²) in [7, 11) is 0. The third kappa shape index (κ3) is 4.55. The minimum absolute atomic E-state index is 0.529. The van der Waals surface area contributed by atoms with E-state index in [1.807, 2.05) is 6.20 Å². The van der Waals surface area contributed by atoms with Crippen molar-refractivity contribution < 1.29 is 0 Å². The molecular weight excluding hydrogens is 422 g/mol. The van der Waals surface area contributed by atoms with E-state index < -0.39 is 0 Å². The zero-order valence-electron chi connectivity index (χ0n) is 18.2. The number of benzene rings is 5. The van der Waals surface area contributed by atoms with E-state index in [4.69, 9.17) is 11.6 Å². The molecule has 0 aromatic heterocycles. The predicted molar refractivity (Wildman–Crippen MR) is 143 cm³/mol. The Labute approximate surface area is 200 Å². The maximum atomic E-state index is 5.93. The van der Waals surface area contributed by atoms with Crippen molar-refractivity contribution >= 4 is 34.1 Å². The molecule has 5 aromatic rings. The van der Waals surface area contributed by atoms with E-state index in [2.05, 4.69) is 127 Å². The summed E-state index contributed by atoms with van der Waals surface area (Å²) in [5.41, 5.74) is 8.14. The van der Waals surface area contributed by atoms with Gasteiger partial charge in [0, 0.05) is 23.0 Å². The van der Waals surface area contributed by atoms with E-state index in [1.165, 1.54) is 33.0 Å². The number of rotatable bonds is 6. The number of hydrogen-bond donors (Lipinski definition) is 1. The molecule has 1 nitrogen and oxygen atoms in total. The second kappa shape index (κ2) is 9.77. The Kier molecular flexibility index (Phi) is 6.23. The summed E-state index contributed by atoms with van der Waals surface area (Å²) in [6.07, 6.45) is 4.12. The predicted octanol–water partition coefficient (Wildman–Crippen LogP) is 9.00. The van der Waals surface area contributed by atoms with E-state index in [9.17, 15) is 0 Å². The molecule has 5 rings (SSSR count). The van der Waals surface area contributed by atoms with Gasteiger partial charge in [-0.25, -0.2) is 0 Å². The topological polar surface area (TPSA) is 12.0 Å². The van der Waals surface area contributed by atoms with Crippen molar-refractivity contribution in [2.24, 2.45) is 0 Å². The molecule has 33 heavy (non-hydrogen) atoms. The summed E-state index contributed by atoms with van der Waals surface area (Å²) in [6.45, 7) is 0. The van der Waals surface area contributed by atoms with Gasteiger partial charge in [-0.15, -0.1) is 11.6 Å². The molecule has 5 aromatic carbocycles. The molecule has 1 N–H and O–H groups in total. The van der Waals surface area contributed by atoms with Gasteiger partial charge in [-0.05, 0) is 45.3 Å². The monoisotopic (exact) mass is 445 g/mol. The van der Waals surface area contributed by atoms with Gasteiger partial charge in [-0.1, -0.05) is 109 Å². The number of nitrogens with one attached hydrogen (secondary N) is 1. The Morgan fingerprint density at radius 1 is 0.667 bits per heavy atom. The highest BCUT2D eigenvalue weighted by molar-refractivity contribution is 6.17. The second-order valence-electron chi connectivity index (χ2n) is 7.98. The summed E-state index contributed by atoms with van der Waals surface area (Å²) in [5, 5.41) is 6.03. The largest absolute Gasteiger partial charge is 0.361 e. The van der Waals surface area contributed by atoms with Crippen molar-refractivity contribution in [1.82, 2.24) is 0 Å². The molecule has 0 amide bonds. The average molecular weight is 446 g/mol. The number of halogens is 1. The van der Waals surface area contributed by atoms with Gasteiger partial charge >= 0.3 is 0 Å². The molecule has 0 saturated heterocycles. The van der Waals surface area contributed by atoms with E-state index in [1.54, 1.807) is 0 Å². The van der Waals surface area contributed by atoms with Gasteiger partial charge in [0.25, 0.3) is 0 Å². The van der Waals surface area contributed by atoms with Crippen LogP contribution < -0.4 is 5.32 Å². The molecule has 0 bridgehead atoms. The van der Waals surface area contributed by atoms with Gasteiger partial charge in [0.2, 0.25) is 0 Å². The smallest absolute Gasteiger partial charge is 0.0545 e. The van der Waals surface area contributed by atoms with Crippen LogP contribution in [0.1, 0.15) is 11.1 Å². The molecule has 0 heterocycles. The summed E-state index contributed by atoms with van der Waals surface area (Å²) >= 11 is 5.93. The van der Waals surface area contributed by atoms with Crippen LogP contribution in [0, 0.1) is 0 Å². The van der Waals surface area contributed by atoms with Crippen LogP contribution in [0.25, 0.3) is 39.1 Å². The fraction of sp³-hybridized carbons (Fsp3) is 0.0323. The van der Waals surface area contributed by atoms with Crippen LogP contribution in [0.15, 0.2) is 121 Å². The molecule has 0 atom stereocenters. The van der Waals surface area contributed by atoms with E-state index in [0.29, 0.717) is 5.88 Å². The first-order chi connectivity index (χ1) is 16.3. The molecule has 0 radical (unpaired) electrons. The van der Waals surface area contributed by atoms with Crippen LogP contribution in [0.2, 0.25) is 0 Å². The standard InChI is InChI=1S/C31H24ClN/c32-22-24-17-15-23(16-18-24)19-20-33-31-28-14-8-7-13-27(28)21-29(25-9-3-1-4-10-25)30(31)26-11-5-2-6-12-26/h1-21,33H,22H2. The van der Waals surface area contributed by atoms with Gasteiger partial charge in [0.05, 0.1) is 5.69 Å². The molecule has 0 aliphatic rings. The minimum atomic E-state index is 0.529. The van der Waals surface area contributed by atoms with Crippen molar-refractivity contribution in [3.63, 3.8) is 0 Å². The summed E-state index contributed by atoms with van der Waals surface area (Å²) < 4.78 is 0. The summed E-state index contributed by atoms with van der Waals surface area (Å²) in [6, 6.07) is 40.4. The third-order valence-corrected chi connectivity index (χ3v) is 6.14. The van der Waals surface area contributed by atoms with E-state index >= 15 is 0 Å².